The van der Waals surface area contributed by atoms with E-state index in [1.54, 1.807) is 41.3 Å². The Balaban J connectivity index is 1.47. The molecule has 0 aliphatic carbocycles. The number of rotatable bonds is 4. The van der Waals surface area contributed by atoms with E-state index in [0.29, 0.717) is 28.1 Å². The third-order valence-corrected chi connectivity index (χ3v) is 5.46. The van der Waals surface area contributed by atoms with Gasteiger partial charge in [-0.2, -0.15) is 5.10 Å². The van der Waals surface area contributed by atoms with Gasteiger partial charge in [-0.3, -0.25) is 9.59 Å². The van der Waals surface area contributed by atoms with Crippen molar-refractivity contribution >= 4 is 46.1 Å². The van der Waals surface area contributed by atoms with E-state index < -0.39 is 0 Å². The first-order valence-corrected chi connectivity index (χ1v) is 10.3. The molecule has 1 aliphatic heterocycles. The standard InChI is InChI=1S/C25H16ClN3O3/c26-18-11-9-16(10-12-18)14-29-21-7-3-1-5-19(21)23(25(29)31)28-27-13-17-15-32-22-8-4-2-6-20(22)24(17)30/h1-13,15H,14H2/b27-13+,28-23-. The summed E-state index contributed by atoms with van der Waals surface area (Å²) >= 11 is 5.97. The maximum Gasteiger partial charge on any atom is 0.279 e. The maximum absolute atomic E-state index is 13.1. The maximum atomic E-state index is 13.1. The zero-order chi connectivity index (χ0) is 22.1. The van der Waals surface area contributed by atoms with Crippen molar-refractivity contribution in [1.29, 1.82) is 0 Å². The summed E-state index contributed by atoms with van der Waals surface area (Å²) in [7, 11) is 0. The van der Waals surface area contributed by atoms with Crippen molar-refractivity contribution < 1.29 is 9.21 Å². The Labute approximate surface area is 188 Å². The van der Waals surface area contributed by atoms with Gasteiger partial charge in [-0.15, -0.1) is 5.10 Å². The molecular formula is C25H16ClN3O3. The summed E-state index contributed by atoms with van der Waals surface area (Å²) in [4.78, 5) is 27.4. The summed E-state index contributed by atoms with van der Waals surface area (Å²) in [6, 6.07) is 21.7. The smallest absolute Gasteiger partial charge is 0.279 e. The Morgan fingerprint density at radius 3 is 2.53 bits per heavy atom. The highest BCUT2D eigenvalue weighted by molar-refractivity contribution is 6.54. The number of anilines is 1. The van der Waals surface area contributed by atoms with Crippen LogP contribution in [0.5, 0.6) is 0 Å². The van der Waals surface area contributed by atoms with Crippen molar-refractivity contribution in [2.24, 2.45) is 10.2 Å². The highest BCUT2D eigenvalue weighted by atomic mass is 35.5. The van der Waals surface area contributed by atoms with Crippen molar-refractivity contribution in [2.45, 2.75) is 6.54 Å². The molecule has 0 spiro atoms. The van der Waals surface area contributed by atoms with Crippen LogP contribution in [0.15, 0.2) is 98.5 Å². The first-order valence-electron chi connectivity index (χ1n) is 9.89. The Bertz CT molecular complexity index is 1460. The minimum Gasteiger partial charge on any atom is -0.463 e. The zero-order valence-electron chi connectivity index (χ0n) is 16.7. The number of hydrogen-bond acceptors (Lipinski definition) is 5. The van der Waals surface area contributed by atoms with Gasteiger partial charge in [0, 0.05) is 10.6 Å². The van der Waals surface area contributed by atoms with Crippen LogP contribution >= 0.6 is 11.6 Å². The fraction of sp³-hybridized carbons (Fsp3) is 0.0400. The Morgan fingerprint density at radius 2 is 1.69 bits per heavy atom. The van der Waals surface area contributed by atoms with Gasteiger partial charge in [0.2, 0.25) is 5.43 Å². The minimum atomic E-state index is -0.260. The van der Waals surface area contributed by atoms with Gasteiger partial charge in [0.15, 0.2) is 5.71 Å². The largest absolute Gasteiger partial charge is 0.463 e. The Morgan fingerprint density at radius 1 is 0.938 bits per heavy atom. The van der Waals surface area contributed by atoms with Crippen LogP contribution in [0.25, 0.3) is 11.0 Å². The summed E-state index contributed by atoms with van der Waals surface area (Å²) < 4.78 is 5.49. The third-order valence-electron chi connectivity index (χ3n) is 5.21. The molecule has 1 amide bonds. The van der Waals surface area contributed by atoms with Crippen molar-refractivity contribution in [3.63, 3.8) is 0 Å². The average Bonchev–Trinajstić information content (AvgIpc) is 3.08. The number of carbonyl (C=O) groups excluding carboxylic acids is 1. The lowest BCUT2D eigenvalue weighted by Gasteiger charge is -2.16. The molecule has 156 valence electrons. The molecule has 0 radical (unpaired) electrons. The summed E-state index contributed by atoms with van der Waals surface area (Å²) in [6.07, 6.45) is 2.65. The van der Waals surface area contributed by atoms with E-state index in [1.807, 2.05) is 36.4 Å². The number of fused-ring (bicyclic) bond motifs is 2. The summed E-state index contributed by atoms with van der Waals surface area (Å²) in [5.74, 6) is -0.260. The van der Waals surface area contributed by atoms with Gasteiger partial charge in [-0.05, 0) is 35.9 Å². The molecule has 1 aliphatic rings. The second-order valence-electron chi connectivity index (χ2n) is 7.24. The molecule has 2 heterocycles. The molecule has 1 aromatic heterocycles. The van der Waals surface area contributed by atoms with Crippen LogP contribution in [0.4, 0.5) is 5.69 Å². The molecule has 0 unspecified atom stereocenters. The van der Waals surface area contributed by atoms with Gasteiger partial charge < -0.3 is 9.32 Å². The van der Waals surface area contributed by atoms with E-state index in [4.69, 9.17) is 16.0 Å². The van der Waals surface area contributed by atoms with Crippen molar-refractivity contribution in [2.75, 3.05) is 4.90 Å². The molecule has 0 N–H and O–H groups in total. The van der Waals surface area contributed by atoms with Crippen LogP contribution in [0.3, 0.4) is 0 Å². The van der Waals surface area contributed by atoms with Crippen LogP contribution in [0.1, 0.15) is 16.7 Å². The van der Waals surface area contributed by atoms with E-state index in [9.17, 15) is 9.59 Å². The van der Waals surface area contributed by atoms with Crippen molar-refractivity contribution in [1.82, 2.24) is 0 Å². The summed E-state index contributed by atoms with van der Waals surface area (Å²) in [5, 5.41) is 9.29. The molecule has 7 heteroatoms. The number of para-hydroxylation sites is 2. The number of amides is 1. The van der Waals surface area contributed by atoms with E-state index in [0.717, 1.165) is 11.3 Å². The Hall–Kier alpha value is -4.03. The SMILES string of the molecule is O=C1/C(=N\N=C\c2coc3ccccc3c2=O)c2ccccc2N1Cc1ccc(Cl)cc1. The van der Waals surface area contributed by atoms with Gasteiger partial charge in [0.25, 0.3) is 5.91 Å². The molecule has 6 nitrogen and oxygen atoms in total. The van der Waals surface area contributed by atoms with Crippen molar-refractivity contribution in [3.8, 4) is 0 Å². The fourth-order valence-electron chi connectivity index (χ4n) is 3.62. The fourth-order valence-corrected chi connectivity index (χ4v) is 3.74. The van der Waals surface area contributed by atoms with Crippen LogP contribution in [-0.2, 0) is 11.3 Å². The van der Waals surface area contributed by atoms with Gasteiger partial charge in [-0.25, -0.2) is 0 Å². The Kier molecular flexibility index (Phi) is 5.13. The predicted octanol–water partition coefficient (Wildman–Crippen LogP) is 4.82. The van der Waals surface area contributed by atoms with Crippen LogP contribution in [0.2, 0.25) is 5.02 Å². The van der Waals surface area contributed by atoms with Crippen LogP contribution in [0, 0.1) is 0 Å². The average molecular weight is 442 g/mol. The van der Waals surface area contributed by atoms with Gasteiger partial charge in [-0.1, -0.05) is 54.1 Å². The second-order valence-corrected chi connectivity index (χ2v) is 7.68. The zero-order valence-corrected chi connectivity index (χ0v) is 17.5. The number of benzene rings is 3. The van der Waals surface area contributed by atoms with Gasteiger partial charge in [0.1, 0.15) is 11.8 Å². The van der Waals surface area contributed by atoms with Crippen LogP contribution < -0.4 is 10.3 Å². The molecule has 0 fully saturated rings. The molecule has 32 heavy (non-hydrogen) atoms. The molecule has 0 atom stereocenters. The molecular weight excluding hydrogens is 426 g/mol. The highest BCUT2D eigenvalue weighted by Crippen LogP contribution is 2.30. The number of hydrogen-bond donors (Lipinski definition) is 0. The van der Waals surface area contributed by atoms with E-state index in [2.05, 4.69) is 10.2 Å². The normalized spacial score (nSPS) is 14.6. The quantitative estimate of drug-likeness (QED) is 0.336. The van der Waals surface area contributed by atoms with E-state index >= 15 is 0 Å². The first kappa shape index (κ1) is 19.9. The summed E-state index contributed by atoms with van der Waals surface area (Å²) in [5.41, 5.74) is 3.15. The second kappa shape index (κ2) is 8.24. The van der Waals surface area contributed by atoms with Crippen molar-refractivity contribution in [3.05, 3.63) is 111 Å². The lowest BCUT2D eigenvalue weighted by atomic mass is 10.1. The lowest BCUT2D eigenvalue weighted by Crippen LogP contribution is -2.29. The van der Waals surface area contributed by atoms with Gasteiger partial charge >= 0.3 is 0 Å². The molecule has 0 saturated carbocycles. The van der Waals surface area contributed by atoms with Gasteiger partial charge in [0.05, 0.1) is 29.4 Å². The third kappa shape index (κ3) is 3.61. The number of halogens is 1. The monoisotopic (exact) mass is 441 g/mol. The van der Waals surface area contributed by atoms with Crippen LogP contribution in [-0.4, -0.2) is 17.8 Å². The summed E-state index contributed by atoms with van der Waals surface area (Å²) in [6.45, 7) is 0.379. The first-order chi connectivity index (χ1) is 15.6. The molecule has 3 aromatic carbocycles. The van der Waals surface area contributed by atoms with E-state index in [1.165, 1.54) is 12.5 Å². The molecule has 4 aromatic rings. The predicted molar refractivity (Wildman–Crippen MR) is 126 cm³/mol. The lowest BCUT2D eigenvalue weighted by molar-refractivity contribution is -0.112. The topological polar surface area (TPSA) is 75.2 Å². The molecule has 5 rings (SSSR count). The number of carbonyl (C=O) groups is 1. The minimum absolute atomic E-state index is 0.210. The highest BCUT2D eigenvalue weighted by Gasteiger charge is 2.33. The molecule has 0 bridgehead atoms. The molecule has 0 saturated heterocycles. The number of nitrogens with zero attached hydrogens (tertiary/aromatic N) is 3. The van der Waals surface area contributed by atoms with E-state index in [-0.39, 0.29) is 22.6 Å².